The molecular formula is C59H33N7O. The SMILES string of the molecule is [C-]#[N+]c1ccc2c(c1)c1ccccc1n2-c1ccc2c(c1)Oc1cc(-n3c4ccccc4c4cc(-n5c6ccccc6c6ccncc65)ccc43)ccc1C21c2cccnc2-c2ncccc21. The van der Waals surface area contributed by atoms with E-state index < -0.39 is 5.41 Å². The van der Waals surface area contributed by atoms with Gasteiger partial charge in [0, 0.05) is 85.8 Å². The molecule has 8 nitrogen and oxygen atoms in total. The molecular weight excluding hydrogens is 823 g/mol. The van der Waals surface area contributed by atoms with E-state index in [1.165, 1.54) is 10.8 Å². The first-order chi connectivity index (χ1) is 33.2. The fourth-order valence-corrected chi connectivity index (χ4v) is 11.7. The lowest BCUT2D eigenvalue weighted by Gasteiger charge is -2.39. The zero-order valence-corrected chi connectivity index (χ0v) is 35.6. The molecule has 0 atom stereocenters. The Morgan fingerprint density at radius 2 is 0.881 bits per heavy atom. The highest BCUT2D eigenvalue weighted by Gasteiger charge is 2.52. The average molecular weight is 856 g/mol. The maximum Gasteiger partial charge on any atom is 0.188 e. The van der Waals surface area contributed by atoms with E-state index in [0.717, 1.165) is 117 Å². The zero-order valence-electron chi connectivity index (χ0n) is 35.6. The van der Waals surface area contributed by atoms with Gasteiger partial charge in [0.2, 0.25) is 0 Å². The van der Waals surface area contributed by atoms with Gasteiger partial charge in [-0.3, -0.25) is 15.0 Å². The fraction of sp³-hybridized carbons (Fsp3) is 0.0169. The van der Waals surface area contributed by atoms with E-state index in [4.69, 9.17) is 21.3 Å². The van der Waals surface area contributed by atoms with Crippen molar-refractivity contribution in [3.8, 4) is 39.9 Å². The van der Waals surface area contributed by atoms with Crippen LogP contribution >= 0.6 is 0 Å². The number of hydrogen-bond donors (Lipinski definition) is 0. The number of pyridine rings is 3. The molecule has 1 aliphatic carbocycles. The lowest BCUT2D eigenvalue weighted by molar-refractivity contribution is 0.436. The van der Waals surface area contributed by atoms with Crippen LogP contribution in [0.4, 0.5) is 5.69 Å². The minimum absolute atomic E-state index is 0.615. The van der Waals surface area contributed by atoms with Crippen LogP contribution in [-0.2, 0) is 5.41 Å². The van der Waals surface area contributed by atoms with Crippen molar-refractivity contribution in [1.29, 1.82) is 0 Å². The van der Waals surface area contributed by atoms with Crippen LogP contribution in [0.25, 0.3) is 98.7 Å². The third-order valence-electron chi connectivity index (χ3n) is 14.3. The fourth-order valence-electron chi connectivity index (χ4n) is 11.7. The Balaban J connectivity index is 0.966. The lowest BCUT2D eigenvalue weighted by Crippen LogP contribution is -2.32. The second-order valence-electron chi connectivity index (χ2n) is 17.5. The van der Waals surface area contributed by atoms with E-state index in [1.54, 1.807) is 0 Å². The summed E-state index contributed by atoms with van der Waals surface area (Å²) in [5.74, 6) is 1.52. The lowest BCUT2D eigenvalue weighted by atomic mass is 9.66. The Bertz CT molecular complexity index is 4260. The Kier molecular flexibility index (Phi) is 7.07. The van der Waals surface area contributed by atoms with Crippen molar-refractivity contribution < 1.29 is 4.74 Å². The van der Waals surface area contributed by atoms with Gasteiger partial charge in [-0.05, 0) is 95.4 Å². The van der Waals surface area contributed by atoms with Crippen molar-refractivity contribution in [2.45, 2.75) is 5.41 Å². The molecule has 0 unspecified atom stereocenters. The number of para-hydroxylation sites is 3. The second-order valence-corrected chi connectivity index (χ2v) is 17.5. The Labute approximate surface area is 382 Å². The zero-order chi connectivity index (χ0) is 44.0. The van der Waals surface area contributed by atoms with Gasteiger partial charge in [0.25, 0.3) is 0 Å². The molecule has 310 valence electrons. The summed E-state index contributed by atoms with van der Waals surface area (Å²) >= 11 is 0. The molecule has 1 aliphatic heterocycles. The summed E-state index contributed by atoms with van der Waals surface area (Å²) in [5, 5.41) is 6.82. The minimum Gasteiger partial charge on any atom is -0.457 e. The van der Waals surface area contributed by atoms with Crippen molar-refractivity contribution in [3.63, 3.8) is 0 Å². The molecule has 6 aromatic heterocycles. The Morgan fingerprint density at radius 1 is 0.403 bits per heavy atom. The van der Waals surface area contributed by atoms with Gasteiger partial charge in [-0.15, -0.1) is 0 Å². The van der Waals surface area contributed by atoms with Gasteiger partial charge in [-0.25, -0.2) is 4.85 Å². The quantitative estimate of drug-likeness (QED) is 0.166. The third-order valence-corrected chi connectivity index (χ3v) is 14.3. The number of fused-ring (bicyclic) bond motifs is 18. The molecule has 1 spiro atoms. The topological polar surface area (TPSA) is 67.0 Å². The first kappa shape index (κ1) is 36.1. The molecule has 0 fully saturated rings. The van der Waals surface area contributed by atoms with Gasteiger partial charge in [0.15, 0.2) is 5.69 Å². The number of hydrogen-bond acceptors (Lipinski definition) is 4. The monoisotopic (exact) mass is 855 g/mol. The Morgan fingerprint density at radius 3 is 1.48 bits per heavy atom. The largest absolute Gasteiger partial charge is 0.457 e. The maximum atomic E-state index is 7.76. The molecule has 0 amide bonds. The van der Waals surface area contributed by atoms with E-state index in [0.29, 0.717) is 5.69 Å². The molecule has 0 saturated heterocycles. The molecule has 67 heavy (non-hydrogen) atoms. The van der Waals surface area contributed by atoms with Crippen molar-refractivity contribution in [1.82, 2.24) is 28.7 Å². The van der Waals surface area contributed by atoms with Gasteiger partial charge in [0.05, 0.1) is 62.7 Å². The average Bonchev–Trinajstić information content (AvgIpc) is 4.10. The van der Waals surface area contributed by atoms with Crippen LogP contribution in [0.15, 0.2) is 201 Å². The van der Waals surface area contributed by atoms with E-state index in [1.807, 2.05) is 49.1 Å². The van der Waals surface area contributed by atoms with E-state index in [9.17, 15) is 0 Å². The summed E-state index contributed by atoms with van der Waals surface area (Å²) < 4.78 is 14.3. The number of nitrogens with zero attached hydrogens (tertiary/aromatic N) is 7. The molecule has 8 heteroatoms. The predicted octanol–water partition coefficient (Wildman–Crippen LogP) is 14.2. The summed E-state index contributed by atoms with van der Waals surface area (Å²) in [6.07, 6.45) is 7.55. The van der Waals surface area contributed by atoms with Crippen LogP contribution < -0.4 is 4.74 Å². The van der Waals surface area contributed by atoms with Crippen LogP contribution in [0.2, 0.25) is 0 Å². The summed E-state index contributed by atoms with van der Waals surface area (Å²) in [7, 11) is 0. The van der Waals surface area contributed by atoms with Crippen molar-refractivity contribution >= 4 is 71.1 Å². The van der Waals surface area contributed by atoms with Crippen LogP contribution in [0.1, 0.15) is 22.3 Å². The molecule has 2 aliphatic rings. The maximum absolute atomic E-state index is 7.76. The number of rotatable bonds is 3. The summed E-state index contributed by atoms with van der Waals surface area (Å²) in [6.45, 7) is 7.76. The van der Waals surface area contributed by atoms with Crippen LogP contribution in [0.5, 0.6) is 11.5 Å². The number of benzene rings is 7. The molecule has 0 N–H and O–H groups in total. The van der Waals surface area contributed by atoms with Crippen LogP contribution in [0.3, 0.4) is 0 Å². The van der Waals surface area contributed by atoms with E-state index in [2.05, 4.69) is 175 Å². The predicted molar refractivity (Wildman–Crippen MR) is 266 cm³/mol. The summed E-state index contributed by atoms with van der Waals surface area (Å²) in [5.41, 5.74) is 15.3. The number of ether oxygens (including phenoxy) is 1. The number of aromatic nitrogens is 6. The van der Waals surface area contributed by atoms with E-state index >= 15 is 0 Å². The van der Waals surface area contributed by atoms with Gasteiger partial charge in [-0.1, -0.05) is 84.9 Å². The first-order valence-electron chi connectivity index (χ1n) is 22.4. The Hall–Kier alpha value is -9.32. The molecule has 15 rings (SSSR count). The minimum atomic E-state index is -0.759. The first-order valence-corrected chi connectivity index (χ1v) is 22.4. The van der Waals surface area contributed by atoms with Gasteiger partial charge >= 0.3 is 0 Å². The second kappa shape index (κ2) is 13.1. The molecule has 13 aromatic rings. The highest BCUT2D eigenvalue weighted by atomic mass is 16.5. The van der Waals surface area contributed by atoms with Gasteiger partial charge < -0.3 is 18.4 Å². The van der Waals surface area contributed by atoms with Crippen molar-refractivity contribution in [3.05, 3.63) is 234 Å². The van der Waals surface area contributed by atoms with Gasteiger partial charge in [0.1, 0.15) is 11.5 Å². The molecule has 0 bridgehead atoms. The smallest absolute Gasteiger partial charge is 0.188 e. The van der Waals surface area contributed by atoms with Crippen molar-refractivity contribution in [2.75, 3.05) is 0 Å². The van der Waals surface area contributed by atoms with Crippen LogP contribution in [-0.4, -0.2) is 28.7 Å². The molecule has 0 radical (unpaired) electrons. The summed E-state index contributed by atoms with van der Waals surface area (Å²) in [6, 6.07) is 62.2. The molecule has 0 saturated carbocycles. The third kappa shape index (κ3) is 4.66. The van der Waals surface area contributed by atoms with Crippen LogP contribution in [0, 0.1) is 6.57 Å². The van der Waals surface area contributed by atoms with Gasteiger partial charge in [-0.2, -0.15) is 0 Å². The highest BCUT2D eigenvalue weighted by Crippen LogP contribution is 2.61. The van der Waals surface area contributed by atoms with E-state index in [-0.39, 0.29) is 0 Å². The highest BCUT2D eigenvalue weighted by molar-refractivity contribution is 6.13. The molecule has 7 heterocycles. The normalized spacial score (nSPS) is 13.3. The standard InChI is InChI=1S/C59H33N7O/c1-60-35-18-24-52-43(30-35)40-11-3-6-16-50(40)64(52)37-19-22-45-55(32-37)67-56-33-38(20-23-46(56)59(45)47-13-8-27-62-57(47)58-48(59)14-9-28-63-58)65-51-17-7-4-12-41(51)44-31-36(21-25-53(44)65)66-49-15-5-2-10-39(49)42-26-29-61-34-54(42)66/h2-34H. The van der Waals surface area contributed by atoms with Crippen molar-refractivity contribution in [2.24, 2.45) is 0 Å². The molecule has 7 aromatic carbocycles. The summed E-state index contributed by atoms with van der Waals surface area (Å²) in [4.78, 5) is 18.3.